The lowest BCUT2D eigenvalue weighted by atomic mass is 9.96. The second-order valence-electron chi connectivity index (χ2n) is 10.2. The number of nitrogens with one attached hydrogen (secondary N) is 1. The maximum Gasteiger partial charge on any atom is 0.274 e. The quantitative estimate of drug-likeness (QED) is 0.757. The predicted molar refractivity (Wildman–Crippen MR) is 119 cm³/mol. The number of aromatic nitrogens is 2. The molecule has 2 aliphatic heterocycles. The van der Waals surface area contributed by atoms with E-state index in [1.54, 1.807) is 4.90 Å². The molecule has 0 aromatic carbocycles. The van der Waals surface area contributed by atoms with Gasteiger partial charge in [0.25, 0.3) is 5.91 Å². The number of carbonyl (C=O) groups excluding carboxylic acids is 3. The molecule has 1 N–H and O–H groups in total. The first kappa shape index (κ1) is 21.5. The van der Waals surface area contributed by atoms with Crippen molar-refractivity contribution in [2.45, 2.75) is 76.8 Å². The minimum Gasteiger partial charge on any atom is -0.353 e. The highest BCUT2D eigenvalue weighted by Crippen LogP contribution is 2.30. The largest absolute Gasteiger partial charge is 0.353 e. The summed E-state index contributed by atoms with van der Waals surface area (Å²) in [6.45, 7) is 2.27. The maximum absolute atomic E-state index is 13.5. The Balaban J connectivity index is 1.27. The molecule has 0 spiro atoms. The SMILES string of the molecule is Cn1nc(C(=O)N2CCCC(C(=O)NC3CC3)C2)c2c1CCN(C(=O)CC1CCCC1)C2. The molecule has 4 aliphatic rings. The van der Waals surface area contributed by atoms with Gasteiger partial charge in [-0.25, -0.2) is 0 Å². The van der Waals surface area contributed by atoms with Gasteiger partial charge in [-0.05, 0) is 44.4 Å². The molecule has 1 saturated heterocycles. The van der Waals surface area contributed by atoms with E-state index in [1.165, 1.54) is 12.8 Å². The summed E-state index contributed by atoms with van der Waals surface area (Å²) >= 11 is 0. The Morgan fingerprint density at radius 2 is 1.78 bits per heavy atom. The van der Waals surface area contributed by atoms with Crippen LogP contribution in [-0.2, 0) is 29.6 Å². The van der Waals surface area contributed by atoms with Crippen LogP contribution in [0.1, 0.15) is 79.5 Å². The molecule has 3 fully saturated rings. The Morgan fingerprint density at radius 3 is 2.53 bits per heavy atom. The molecule has 8 heteroatoms. The van der Waals surface area contributed by atoms with Gasteiger partial charge in [0.1, 0.15) is 0 Å². The Labute approximate surface area is 189 Å². The van der Waals surface area contributed by atoms with Crippen molar-refractivity contribution in [1.82, 2.24) is 24.9 Å². The summed E-state index contributed by atoms with van der Waals surface area (Å²) in [5.74, 6) is 0.565. The van der Waals surface area contributed by atoms with Crippen LogP contribution in [0.15, 0.2) is 0 Å². The molecule has 1 aromatic rings. The molecule has 0 radical (unpaired) electrons. The first-order valence-corrected chi connectivity index (χ1v) is 12.4. The van der Waals surface area contributed by atoms with Crippen LogP contribution in [0, 0.1) is 11.8 Å². The second kappa shape index (κ2) is 8.87. The topological polar surface area (TPSA) is 87.5 Å². The zero-order valence-corrected chi connectivity index (χ0v) is 19.1. The number of rotatable bonds is 5. The number of nitrogens with zero attached hydrogens (tertiary/aromatic N) is 4. The summed E-state index contributed by atoms with van der Waals surface area (Å²) in [6, 6.07) is 0.337. The van der Waals surface area contributed by atoms with E-state index in [0.29, 0.717) is 50.3 Å². The molecule has 8 nitrogen and oxygen atoms in total. The van der Waals surface area contributed by atoms with Gasteiger partial charge in [-0.1, -0.05) is 12.8 Å². The van der Waals surface area contributed by atoms with Gasteiger partial charge in [0.05, 0.1) is 5.92 Å². The van der Waals surface area contributed by atoms with E-state index in [-0.39, 0.29) is 23.6 Å². The van der Waals surface area contributed by atoms with Gasteiger partial charge in [-0.2, -0.15) is 5.10 Å². The molecule has 1 aromatic heterocycles. The van der Waals surface area contributed by atoms with Crippen LogP contribution >= 0.6 is 0 Å². The van der Waals surface area contributed by atoms with Crippen molar-refractivity contribution >= 4 is 17.7 Å². The van der Waals surface area contributed by atoms with Crippen molar-refractivity contribution in [3.63, 3.8) is 0 Å². The number of piperidine rings is 1. The Bertz CT molecular complexity index is 900. The first-order valence-electron chi connectivity index (χ1n) is 12.4. The number of amides is 3. The molecular weight excluding hydrogens is 406 g/mol. The molecule has 3 amide bonds. The fourth-order valence-corrected chi connectivity index (χ4v) is 5.64. The first-order chi connectivity index (χ1) is 15.5. The van der Waals surface area contributed by atoms with E-state index in [2.05, 4.69) is 10.4 Å². The monoisotopic (exact) mass is 441 g/mol. The van der Waals surface area contributed by atoms with Crippen molar-refractivity contribution in [2.24, 2.45) is 18.9 Å². The van der Waals surface area contributed by atoms with Crippen LogP contribution in [0.3, 0.4) is 0 Å². The highest BCUT2D eigenvalue weighted by molar-refractivity contribution is 5.95. The van der Waals surface area contributed by atoms with Gasteiger partial charge in [0, 0.05) is 63.4 Å². The van der Waals surface area contributed by atoms with Gasteiger partial charge < -0.3 is 15.1 Å². The molecule has 3 heterocycles. The average Bonchev–Trinajstić information content (AvgIpc) is 3.35. The van der Waals surface area contributed by atoms with Crippen molar-refractivity contribution < 1.29 is 14.4 Å². The molecule has 174 valence electrons. The van der Waals surface area contributed by atoms with Crippen LogP contribution in [0.2, 0.25) is 0 Å². The molecule has 0 bridgehead atoms. The van der Waals surface area contributed by atoms with Crippen molar-refractivity contribution in [1.29, 1.82) is 0 Å². The van der Waals surface area contributed by atoms with Gasteiger partial charge in [-0.15, -0.1) is 0 Å². The third-order valence-electron chi connectivity index (χ3n) is 7.74. The number of hydrogen-bond acceptors (Lipinski definition) is 4. The summed E-state index contributed by atoms with van der Waals surface area (Å²) in [7, 11) is 1.88. The van der Waals surface area contributed by atoms with Crippen LogP contribution in [0.4, 0.5) is 0 Å². The fourth-order valence-electron chi connectivity index (χ4n) is 5.64. The lowest BCUT2D eigenvalue weighted by molar-refractivity contribution is -0.133. The lowest BCUT2D eigenvalue weighted by Gasteiger charge is -2.32. The van der Waals surface area contributed by atoms with Gasteiger partial charge in [-0.3, -0.25) is 19.1 Å². The zero-order valence-electron chi connectivity index (χ0n) is 19.1. The van der Waals surface area contributed by atoms with Gasteiger partial charge >= 0.3 is 0 Å². The van der Waals surface area contributed by atoms with E-state index in [9.17, 15) is 14.4 Å². The Hall–Kier alpha value is -2.38. The lowest BCUT2D eigenvalue weighted by Crippen LogP contribution is -2.46. The van der Waals surface area contributed by atoms with Crippen molar-refractivity contribution in [2.75, 3.05) is 19.6 Å². The minimum atomic E-state index is -0.141. The number of fused-ring (bicyclic) bond motifs is 1. The minimum absolute atomic E-state index is 0.0803. The summed E-state index contributed by atoms with van der Waals surface area (Å²) in [6.07, 6.45) is 9.93. The second-order valence-corrected chi connectivity index (χ2v) is 10.2. The average molecular weight is 442 g/mol. The molecule has 1 atom stereocenters. The predicted octanol–water partition coefficient (Wildman–Crippen LogP) is 2.02. The van der Waals surface area contributed by atoms with Gasteiger partial charge in [0.2, 0.25) is 11.8 Å². The van der Waals surface area contributed by atoms with E-state index in [1.807, 2.05) is 16.6 Å². The Morgan fingerprint density at radius 1 is 1.00 bits per heavy atom. The number of carbonyl (C=O) groups is 3. The molecule has 1 unspecified atom stereocenters. The summed E-state index contributed by atoms with van der Waals surface area (Å²) in [5, 5.41) is 7.66. The number of likely N-dealkylation sites (tertiary alicyclic amines) is 1. The van der Waals surface area contributed by atoms with Crippen LogP contribution in [0.25, 0.3) is 0 Å². The van der Waals surface area contributed by atoms with E-state index >= 15 is 0 Å². The van der Waals surface area contributed by atoms with Crippen LogP contribution in [-0.4, -0.2) is 63.0 Å². The normalized spacial score (nSPS) is 23.8. The smallest absolute Gasteiger partial charge is 0.274 e. The van der Waals surface area contributed by atoms with E-state index < -0.39 is 0 Å². The molecular formula is C24H35N5O3. The zero-order chi connectivity index (χ0) is 22.2. The van der Waals surface area contributed by atoms with E-state index in [0.717, 1.165) is 56.2 Å². The molecule has 2 aliphatic carbocycles. The summed E-state index contributed by atoms with van der Waals surface area (Å²) in [4.78, 5) is 42.6. The third kappa shape index (κ3) is 4.41. The molecule has 5 rings (SSSR count). The fraction of sp³-hybridized carbons (Fsp3) is 0.750. The number of aryl methyl sites for hydroxylation is 1. The number of hydrogen-bond donors (Lipinski definition) is 1. The maximum atomic E-state index is 13.5. The van der Waals surface area contributed by atoms with Crippen LogP contribution in [0.5, 0.6) is 0 Å². The van der Waals surface area contributed by atoms with Crippen LogP contribution < -0.4 is 5.32 Å². The van der Waals surface area contributed by atoms with Crippen molar-refractivity contribution in [3.05, 3.63) is 17.0 Å². The summed E-state index contributed by atoms with van der Waals surface area (Å²) in [5.41, 5.74) is 2.41. The highest BCUT2D eigenvalue weighted by atomic mass is 16.2. The third-order valence-corrected chi connectivity index (χ3v) is 7.74. The van der Waals surface area contributed by atoms with Crippen molar-refractivity contribution in [3.8, 4) is 0 Å². The van der Waals surface area contributed by atoms with E-state index in [4.69, 9.17) is 0 Å². The van der Waals surface area contributed by atoms with Gasteiger partial charge in [0.15, 0.2) is 5.69 Å². The molecule has 32 heavy (non-hydrogen) atoms. The molecule has 2 saturated carbocycles. The Kier molecular flexibility index (Phi) is 5.95. The standard InChI is InChI=1S/C24H35N5O3/c1-27-20-10-12-28(21(30)13-16-5-2-3-6-16)15-19(20)22(26-27)24(32)29-11-4-7-17(14-29)23(31)25-18-8-9-18/h16-18H,2-15H2,1H3,(H,25,31). The summed E-state index contributed by atoms with van der Waals surface area (Å²) < 4.78 is 1.81. The highest BCUT2D eigenvalue weighted by Gasteiger charge is 2.36.